The summed E-state index contributed by atoms with van der Waals surface area (Å²) in [5.74, 6) is 0.539. The predicted octanol–water partition coefficient (Wildman–Crippen LogP) is 2.11. The molecule has 1 aliphatic rings. The first-order valence-corrected chi connectivity index (χ1v) is 7.49. The van der Waals surface area contributed by atoms with Crippen molar-refractivity contribution in [3.05, 3.63) is 22.4 Å². The maximum atomic E-state index is 12.2. The second-order valence-electron chi connectivity index (χ2n) is 5.10. The molecule has 1 heterocycles. The molecule has 0 atom stereocenters. The molecule has 3 nitrogen and oxygen atoms in total. The smallest absolute Gasteiger partial charge is 0.233 e. The van der Waals surface area contributed by atoms with E-state index in [1.54, 1.807) is 11.3 Å². The number of carbonyl (C=O) groups is 1. The molecule has 1 aliphatic carbocycles. The van der Waals surface area contributed by atoms with Crippen LogP contribution in [-0.4, -0.2) is 17.4 Å². The Morgan fingerprint density at radius 2 is 2.39 bits per heavy atom. The maximum Gasteiger partial charge on any atom is 0.233 e. The highest BCUT2D eigenvalue weighted by Gasteiger charge is 2.50. The molecule has 5 heteroatoms. The lowest BCUT2D eigenvalue weighted by Crippen LogP contribution is -2.56. The molecular formula is C13H18N2OS2. The minimum Gasteiger partial charge on any atom is -0.392 e. The molecule has 0 unspecified atom stereocenters. The van der Waals surface area contributed by atoms with Crippen LogP contribution in [0.2, 0.25) is 0 Å². The number of amides is 1. The number of hydrogen-bond acceptors (Lipinski definition) is 3. The third kappa shape index (κ3) is 2.57. The van der Waals surface area contributed by atoms with E-state index in [0.29, 0.717) is 17.5 Å². The largest absolute Gasteiger partial charge is 0.392 e. The van der Waals surface area contributed by atoms with Gasteiger partial charge in [0.15, 0.2) is 0 Å². The number of hydrogen-bond donors (Lipinski definition) is 2. The fraction of sp³-hybridized carbons (Fsp3) is 0.538. The predicted molar refractivity (Wildman–Crippen MR) is 78.6 cm³/mol. The molecule has 18 heavy (non-hydrogen) atoms. The van der Waals surface area contributed by atoms with Crippen molar-refractivity contribution in [3.63, 3.8) is 0 Å². The van der Waals surface area contributed by atoms with Gasteiger partial charge in [0.2, 0.25) is 5.91 Å². The Labute approximate surface area is 117 Å². The minimum absolute atomic E-state index is 0.00308. The monoisotopic (exact) mass is 282 g/mol. The van der Waals surface area contributed by atoms with Gasteiger partial charge in [-0.1, -0.05) is 19.1 Å². The van der Waals surface area contributed by atoms with Crippen molar-refractivity contribution in [2.75, 3.05) is 6.54 Å². The minimum atomic E-state index is -0.580. The van der Waals surface area contributed by atoms with Crippen molar-refractivity contribution in [1.29, 1.82) is 0 Å². The highest BCUT2D eigenvalue weighted by atomic mass is 32.1. The summed E-state index contributed by atoms with van der Waals surface area (Å²) < 4.78 is 0. The highest BCUT2D eigenvalue weighted by Crippen LogP contribution is 2.45. The van der Waals surface area contributed by atoms with Gasteiger partial charge in [-0.25, -0.2) is 0 Å². The van der Waals surface area contributed by atoms with E-state index >= 15 is 0 Å². The molecule has 1 fully saturated rings. The van der Waals surface area contributed by atoms with Crippen LogP contribution in [0.3, 0.4) is 0 Å². The van der Waals surface area contributed by atoms with Gasteiger partial charge in [-0.3, -0.25) is 4.79 Å². The second-order valence-corrected chi connectivity index (χ2v) is 6.32. The van der Waals surface area contributed by atoms with Gasteiger partial charge in [-0.15, -0.1) is 0 Å². The van der Waals surface area contributed by atoms with Gasteiger partial charge in [0, 0.05) is 6.54 Å². The Kier molecular flexibility index (Phi) is 4.02. The number of nitrogens with one attached hydrogen (secondary N) is 1. The number of nitrogens with two attached hydrogens (primary N) is 1. The normalized spacial score (nSPS) is 26.4. The zero-order valence-electron chi connectivity index (χ0n) is 10.4. The van der Waals surface area contributed by atoms with Crippen molar-refractivity contribution < 1.29 is 4.79 Å². The van der Waals surface area contributed by atoms with Crippen LogP contribution in [0.25, 0.3) is 0 Å². The molecule has 0 aromatic carbocycles. The van der Waals surface area contributed by atoms with Crippen LogP contribution < -0.4 is 11.1 Å². The first-order valence-electron chi connectivity index (χ1n) is 6.14. The Morgan fingerprint density at radius 1 is 1.67 bits per heavy atom. The van der Waals surface area contributed by atoms with Crippen LogP contribution >= 0.6 is 23.6 Å². The Balaban J connectivity index is 1.85. The zero-order chi connectivity index (χ0) is 13.2. The van der Waals surface area contributed by atoms with Gasteiger partial charge < -0.3 is 11.1 Å². The van der Waals surface area contributed by atoms with Crippen molar-refractivity contribution in [3.8, 4) is 0 Å². The fourth-order valence-corrected chi connectivity index (χ4v) is 3.52. The topological polar surface area (TPSA) is 55.1 Å². The second kappa shape index (κ2) is 5.36. The zero-order valence-corrected chi connectivity index (χ0v) is 12.1. The lowest BCUT2D eigenvalue weighted by molar-refractivity contribution is -0.132. The van der Waals surface area contributed by atoms with Crippen LogP contribution in [0.15, 0.2) is 16.8 Å². The first kappa shape index (κ1) is 13.5. The molecule has 0 spiro atoms. The Bertz CT molecular complexity index is 436. The summed E-state index contributed by atoms with van der Waals surface area (Å²) in [5, 5.41) is 7.10. The Morgan fingerprint density at radius 3 is 2.89 bits per heavy atom. The van der Waals surface area contributed by atoms with Gasteiger partial charge in [0.05, 0.1) is 10.4 Å². The number of carbonyl (C=O) groups excluding carboxylic acids is 1. The summed E-state index contributed by atoms with van der Waals surface area (Å²) in [6, 6.07) is 2.07. The molecule has 1 saturated carbocycles. The van der Waals surface area contributed by atoms with Crippen molar-refractivity contribution in [2.24, 2.45) is 17.1 Å². The van der Waals surface area contributed by atoms with Gasteiger partial charge >= 0.3 is 0 Å². The summed E-state index contributed by atoms with van der Waals surface area (Å²) >= 11 is 6.73. The van der Waals surface area contributed by atoms with Gasteiger partial charge in [-0.05, 0) is 47.6 Å². The standard InChI is InChI=1S/C13H18N2OS2/c1-9-6-13(7-9,11(14)17)12(16)15-4-2-10-3-5-18-8-10/h3,5,8-9H,2,4,6-7H2,1H3,(H2,14,17)(H,15,16). The number of thiophene rings is 1. The fourth-order valence-electron chi connectivity index (χ4n) is 2.55. The highest BCUT2D eigenvalue weighted by molar-refractivity contribution is 7.80. The lowest BCUT2D eigenvalue weighted by atomic mass is 9.62. The van der Waals surface area contributed by atoms with E-state index in [2.05, 4.69) is 23.7 Å². The third-order valence-corrected chi connectivity index (χ3v) is 4.70. The summed E-state index contributed by atoms with van der Waals surface area (Å²) in [5.41, 5.74) is 6.41. The van der Waals surface area contributed by atoms with Crippen molar-refractivity contribution >= 4 is 34.5 Å². The van der Waals surface area contributed by atoms with Crippen LogP contribution in [0.5, 0.6) is 0 Å². The van der Waals surface area contributed by atoms with E-state index in [9.17, 15) is 4.79 Å². The molecule has 1 amide bonds. The quantitative estimate of drug-likeness (QED) is 0.813. The number of thiocarbonyl (C=S) groups is 1. The van der Waals surface area contributed by atoms with E-state index in [1.807, 2.05) is 5.38 Å². The van der Waals surface area contributed by atoms with Crippen LogP contribution in [-0.2, 0) is 11.2 Å². The molecule has 0 radical (unpaired) electrons. The average Bonchev–Trinajstić information content (AvgIpc) is 2.76. The molecule has 2 rings (SSSR count). The molecule has 1 aromatic rings. The molecule has 0 saturated heterocycles. The molecule has 3 N–H and O–H groups in total. The lowest BCUT2D eigenvalue weighted by Gasteiger charge is -2.44. The van der Waals surface area contributed by atoms with E-state index < -0.39 is 5.41 Å². The van der Waals surface area contributed by atoms with E-state index in [4.69, 9.17) is 18.0 Å². The van der Waals surface area contributed by atoms with E-state index in [1.165, 1.54) is 5.56 Å². The molecule has 1 aromatic heterocycles. The van der Waals surface area contributed by atoms with Crippen molar-refractivity contribution in [1.82, 2.24) is 5.32 Å². The molecule has 0 aliphatic heterocycles. The SMILES string of the molecule is CC1CC(C(=O)NCCc2ccsc2)(C(N)=S)C1. The van der Waals surface area contributed by atoms with Crippen molar-refractivity contribution in [2.45, 2.75) is 26.2 Å². The molecule has 98 valence electrons. The van der Waals surface area contributed by atoms with Crippen LogP contribution in [0.4, 0.5) is 0 Å². The maximum absolute atomic E-state index is 12.2. The third-order valence-electron chi connectivity index (χ3n) is 3.58. The van der Waals surface area contributed by atoms with Crippen LogP contribution in [0.1, 0.15) is 25.3 Å². The summed E-state index contributed by atoms with van der Waals surface area (Å²) in [6.45, 7) is 2.77. The summed E-state index contributed by atoms with van der Waals surface area (Å²) in [6.07, 6.45) is 2.43. The van der Waals surface area contributed by atoms with Gasteiger partial charge in [0.25, 0.3) is 0 Å². The van der Waals surface area contributed by atoms with E-state index in [-0.39, 0.29) is 5.91 Å². The summed E-state index contributed by atoms with van der Waals surface area (Å²) in [4.78, 5) is 12.5. The number of rotatable bonds is 5. The Hall–Kier alpha value is -0.940. The van der Waals surface area contributed by atoms with Gasteiger partial charge in [0.1, 0.15) is 0 Å². The van der Waals surface area contributed by atoms with Gasteiger partial charge in [-0.2, -0.15) is 11.3 Å². The van der Waals surface area contributed by atoms with Crippen LogP contribution in [0, 0.1) is 11.3 Å². The van der Waals surface area contributed by atoms with E-state index in [0.717, 1.165) is 19.3 Å². The average molecular weight is 282 g/mol. The summed E-state index contributed by atoms with van der Waals surface area (Å²) in [7, 11) is 0. The molecular weight excluding hydrogens is 264 g/mol. The molecule has 0 bridgehead atoms. The first-order chi connectivity index (χ1) is 8.54.